The zero-order valence-corrected chi connectivity index (χ0v) is 11.9. The first kappa shape index (κ1) is 12.6. The van der Waals surface area contributed by atoms with Gasteiger partial charge < -0.3 is 4.90 Å². The molecule has 2 rings (SSSR count). The van der Waals surface area contributed by atoms with Gasteiger partial charge in [0.1, 0.15) is 0 Å². The lowest BCUT2D eigenvalue weighted by Gasteiger charge is -2.36. The molecule has 0 aliphatic carbocycles. The predicted molar refractivity (Wildman–Crippen MR) is 73.0 cm³/mol. The van der Waals surface area contributed by atoms with Gasteiger partial charge in [0, 0.05) is 22.6 Å². The number of rotatable bonds is 1. The van der Waals surface area contributed by atoms with Gasteiger partial charge >= 0.3 is 0 Å². The highest BCUT2D eigenvalue weighted by atomic mass is 79.9. The Labute approximate surface area is 111 Å². The van der Waals surface area contributed by atoms with Crippen molar-refractivity contribution < 1.29 is 4.79 Å². The summed E-state index contributed by atoms with van der Waals surface area (Å²) < 4.78 is 1.01. The second kappa shape index (κ2) is 5.21. The molecule has 1 fully saturated rings. The smallest absolute Gasteiger partial charge is 0.254 e. The molecule has 1 aliphatic heterocycles. The Morgan fingerprint density at radius 1 is 1.29 bits per heavy atom. The number of halogens is 1. The zero-order chi connectivity index (χ0) is 12.4. The Kier molecular flexibility index (Phi) is 3.87. The van der Waals surface area contributed by atoms with E-state index in [1.165, 1.54) is 0 Å². The van der Waals surface area contributed by atoms with E-state index in [0.717, 1.165) is 35.3 Å². The van der Waals surface area contributed by atoms with Gasteiger partial charge in [0.05, 0.1) is 0 Å². The van der Waals surface area contributed by atoms with Gasteiger partial charge in [0.25, 0.3) is 5.91 Å². The lowest BCUT2D eigenvalue weighted by molar-refractivity contribution is 0.0588. The average molecular weight is 296 g/mol. The molecule has 1 aromatic carbocycles. The van der Waals surface area contributed by atoms with Crippen molar-refractivity contribution in [2.75, 3.05) is 6.54 Å². The van der Waals surface area contributed by atoms with Crippen molar-refractivity contribution in [2.24, 2.45) is 5.92 Å². The fourth-order valence-electron chi connectivity index (χ4n) is 2.47. The molecule has 0 saturated carbocycles. The van der Waals surface area contributed by atoms with E-state index < -0.39 is 0 Å². The monoisotopic (exact) mass is 295 g/mol. The van der Waals surface area contributed by atoms with Crippen LogP contribution in [0.15, 0.2) is 28.7 Å². The van der Waals surface area contributed by atoms with Crippen LogP contribution in [0.3, 0.4) is 0 Å². The third kappa shape index (κ3) is 2.89. The average Bonchev–Trinajstić information content (AvgIpc) is 2.29. The van der Waals surface area contributed by atoms with Gasteiger partial charge in [-0.2, -0.15) is 0 Å². The van der Waals surface area contributed by atoms with Crippen molar-refractivity contribution in [1.82, 2.24) is 4.90 Å². The molecule has 0 aromatic heterocycles. The van der Waals surface area contributed by atoms with Gasteiger partial charge in [0.15, 0.2) is 0 Å². The van der Waals surface area contributed by atoms with Gasteiger partial charge in [-0.05, 0) is 49.9 Å². The molecule has 1 amide bonds. The molecule has 0 bridgehead atoms. The summed E-state index contributed by atoms with van der Waals surface area (Å²) in [4.78, 5) is 14.3. The number of nitrogens with zero attached hydrogens (tertiary/aromatic N) is 1. The SMILES string of the molecule is CC1CCN(C(=O)c2ccc(Br)cc2)C(C)C1. The number of carbonyl (C=O) groups is 1. The van der Waals surface area contributed by atoms with Crippen LogP contribution in [-0.2, 0) is 0 Å². The standard InChI is InChI=1S/C14H18BrNO/c1-10-7-8-16(11(2)9-10)14(17)12-3-5-13(15)6-4-12/h3-6,10-11H,7-9H2,1-2H3. The molecule has 2 nitrogen and oxygen atoms in total. The summed E-state index contributed by atoms with van der Waals surface area (Å²) in [6.45, 7) is 5.29. The number of likely N-dealkylation sites (tertiary alicyclic amines) is 1. The summed E-state index contributed by atoms with van der Waals surface area (Å²) in [5.41, 5.74) is 0.787. The molecule has 17 heavy (non-hydrogen) atoms. The fraction of sp³-hybridized carbons (Fsp3) is 0.500. The van der Waals surface area contributed by atoms with E-state index in [0.29, 0.717) is 6.04 Å². The molecular weight excluding hydrogens is 278 g/mol. The van der Waals surface area contributed by atoms with E-state index in [-0.39, 0.29) is 5.91 Å². The van der Waals surface area contributed by atoms with E-state index in [1.807, 2.05) is 29.2 Å². The predicted octanol–water partition coefficient (Wildman–Crippen LogP) is 3.71. The molecule has 1 saturated heterocycles. The molecule has 3 heteroatoms. The summed E-state index contributed by atoms with van der Waals surface area (Å²) in [5.74, 6) is 0.899. The van der Waals surface area contributed by atoms with E-state index in [1.54, 1.807) is 0 Å². The second-order valence-corrected chi connectivity index (χ2v) is 5.90. The summed E-state index contributed by atoms with van der Waals surface area (Å²) in [6.07, 6.45) is 2.23. The van der Waals surface area contributed by atoms with Gasteiger partial charge in [-0.1, -0.05) is 22.9 Å². The van der Waals surface area contributed by atoms with Crippen molar-refractivity contribution in [3.63, 3.8) is 0 Å². The molecule has 1 aliphatic rings. The summed E-state index contributed by atoms with van der Waals surface area (Å²) in [7, 11) is 0. The maximum Gasteiger partial charge on any atom is 0.254 e. The number of carbonyl (C=O) groups excluding carboxylic acids is 1. The van der Waals surface area contributed by atoms with Crippen LogP contribution in [0.4, 0.5) is 0 Å². The molecule has 92 valence electrons. The topological polar surface area (TPSA) is 20.3 Å². The van der Waals surface area contributed by atoms with Crippen molar-refractivity contribution in [3.05, 3.63) is 34.3 Å². The Hall–Kier alpha value is -0.830. The first-order chi connectivity index (χ1) is 8.08. The fourth-order valence-corrected chi connectivity index (χ4v) is 2.73. The van der Waals surface area contributed by atoms with Crippen LogP contribution in [0.1, 0.15) is 37.0 Å². The molecule has 1 aromatic rings. The van der Waals surface area contributed by atoms with E-state index in [4.69, 9.17) is 0 Å². The van der Waals surface area contributed by atoms with Crippen molar-refractivity contribution in [1.29, 1.82) is 0 Å². The minimum atomic E-state index is 0.164. The van der Waals surface area contributed by atoms with Gasteiger partial charge in [-0.15, -0.1) is 0 Å². The number of amides is 1. The molecule has 0 spiro atoms. The maximum absolute atomic E-state index is 12.3. The van der Waals surface area contributed by atoms with Crippen LogP contribution in [0.5, 0.6) is 0 Å². The van der Waals surface area contributed by atoms with Crippen LogP contribution < -0.4 is 0 Å². The normalized spacial score (nSPS) is 24.8. The quantitative estimate of drug-likeness (QED) is 0.773. The van der Waals surface area contributed by atoms with Crippen molar-refractivity contribution in [2.45, 2.75) is 32.7 Å². The summed E-state index contributed by atoms with van der Waals surface area (Å²) >= 11 is 3.39. The Morgan fingerprint density at radius 3 is 2.53 bits per heavy atom. The first-order valence-corrected chi connectivity index (χ1v) is 6.93. The third-order valence-electron chi connectivity index (χ3n) is 3.49. The zero-order valence-electron chi connectivity index (χ0n) is 10.3. The van der Waals surface area contributed by atoms with Crippen LogP contribution in [-0.4, -0.2) is 23.4 Å². The summed E-state index contributed by atoms with van der Waals surface area (Å²) in [6, 6.07) is 7.97. The van der Waals surface area contributed by atoms with Crippen molar-refractivity contribution >= 4 is 21.8 Å². The van der Waals surface area contributed by atoms with Gasteiger partial charge in [-0.3, -0.25) is 4.79 Å². The molecule has 1 heterocycles. The van der Waals surface area contributed by atoms with Crippen LogP contribution in [0, 0.1) is 5.92 Å². The van der Waals surface area contributed by atoms with Crippen LogP contribution in [0.25, 0.3) is 0 Å². The number of hydrogen-bond acceptors (Lipinski definition) is 1. The lowest BCUT2D eigenvalue weighted by Crippen LogP contribution is -2.44. The molecule has 2 unspecified atom stereocenters. The molecule has 0 radical (unpaired) electrons. The Balaban J connectivity index is 2.12. The maximum atomic E-state index is 12.3. The van der Waals surface area contributed by atoms with E-state index in [9.17, 15) is 4.79 Å². The lowest BCUT2D eigenvalue weighted by atomic mass is 9.93. The minimum Gasteiger partial charge on any atom is -0.336 e. The van der Waals surface area contributed by atoms with E-state index in [2.05, 4.69) is 29.8 Å². The highest BCUT2D eigenvalue weighted by Crippen LogP contribution is 2.24. The number of piperidine rings is 1. The third-order valence-corrected chi connectivity index (χ3v) is 4.02. The van der Waals surface area contributed by atoms with Gasteiger partial charge in [-0.25, -0.2) is 0 Å². The van der Waals surface area contributed by atoms with E-state index >= 15 is 0 Å². The van der Waals surface area contributed by atoms with Gasteiger partial charge in [0.2, 0.25) is 0 Å². The molecule has 2 atom stereocenters. The highest BCUT2D eigenvalue weighted by molar-refractivity contribution is 9.10. The molecule has 0 N–H and O–H groups in total. The molecular formula is C14H18BrNO. The Morgan fingerprint density at radius 2 is 1.94 bits per heavy atom. The van der Waals surface area contributed by atoms with Crippen molar-refractivity contribution in [3.8, 4) is 0 Å². The van der Waals surface area contributed by atoms with Crippen LogP contribution >= 0.6 is 15.9 Å². The summed E-state index contributed by atoms with van der Waals surface area (Å²) in [5, 5.41) is 0. The van der Waals surface area contributed by atoms with Crippen LogP contribution in [0.2, 0.25) is 0 Å². The number of benzene rings is 1. The second-order valence-electron chi connectivity index (χ2n) is 4.98. The first-order valence-electron chi connectivity index (χ1n) is 6.14. The highest BCUT2D eigenvalue weighted by Gasteiger charge is 2.27. The largest absolute Gasteiger partial charge is 0.336 e. The number of hydrogen-bond donors (Lipinski definition) is 0. The minimum absolute atomic E-state index is 0.164. The Bertz CT molecular complexity index is 401.